The summed E-state index contributed by atoms with van der Waals surface area (Å²) in [6.45, 7) is 2.08. The van der Waals surface area contributed by atoms with Gasteiger partial charge in [-0.15, -0.1) is 0 Å². The van der Waals surface area contributed by atoms with Gasteiger partial charge in [-0.25, -0.2) is 9.89 Å². The molecule has 2 rings (SSSR count). The highest BCUT2D eigenvalue weighted by atomic mass is 35.5. The first kappa shape index (κ1) is 12.9. The Morgan fingerprint density at radius 3 is 2.72 bits per heavy atom. The van der Waals surface area contributed by atoms with E-state index in [4.69, 9.17) is 11.6 Å². The van der Waals surface area contributed by atoms with Crippen molar-refractivity contribution < 1.29 is 5.11 Å². The van der Waals surface area contributed by atoms with Crippen molar-refractivity contribution in [2.45, 2.75) is 26.0 Å². The SMILES string of the molecule is CCC(O)Cn1c(-c2ccc(Cl)cc2)n[nH]c1=O. The van der Waals surface area contributed by atoms with E-state index in [-0.39, 0.29) is 12.2 Å². The Kier molecular flexibility index (Phi) is 3.84. The zero-order valence-corrected chi connectivity index (χ0v) is 10.7. The normalized spacial score (nSPS) is 12.6. The van der Waals surface area contributed by atoms with Gasteiger partial charge < -0.3 is 5.11 Å². The van der Waals surface area contributed by atoms with E-state index in [1.807, 2.05) is 6.92 Å². The highest BCUT2D eigenvalue weighted by molar-refractivity contribution is 6.30. The van der Waals surface area contributed by atoms with Gasteiger partial charge in [-0.2, -0.15) is 5.10 Å². The number of rotatable bonds is 4. The Balaban J connectivity index is 2.39. The van der Waals surface area contributed by atoms with Crippen LogP contribution in [0.4, 0.5) is 0 Å². The van der Waals surface area contributed by atoms with E-state index in [0.29, 0.717) is 17.3 Å². The lowest BCUT2D eigenvalue weighted by Crippen LogP contribution is -2.24. The van der Waals surface area contributed by atoms with Crippen molar-refractivity contribution in [2.75, 3.05) is 0 Å². The second kappa shape index (κ2) is 5.37. The lowest BCUT2D eigenvalue weighted by Gasteiger charge is -2.10. The quantitative estimate of drug-likeness (QED) is 0.885. The van der Waals surface area contributed by atoms with Gasteiger partial charge >= 0.3 is 5.69 Å². The molecule has 0 aliphatic carbocycles. The van der Waals surface area contributed by atoms with Gasteiger partial charge in [0.2, 0.25) is 0 Å². The first-order chi connectivity index (χ1) is 8.61. The summed E-state index contributed by atoms with van der Waals surface area (Å²) >= 11 is 5.81. The summed E-state index contributed by atoms with van der Waals surface area (Å²) in [6, 6.07) is 7.03. The Bertz CT molecular complexity index is 574. The van der Waals surface area contributed by atoms with Crippen LogP contribution in [0.25, 0.3) is 11.4 Å². The fourth-order valence-electron chi connectivity index (χ4n) is 1.65. The number of aromatic amines is 1. The molecule has 2 aromatic rings. The van der Waals surface area contributed by atoms with E-state index in [9.17, 15) is 9.90 Å². The van der Waals surface area contributed by atoms with Crippen LogP contribution in [0, 0.1) is 0 Å². The third kappa shape index (κ3) is 2.63. The molecule has 0 radical (unpaired) electrons. The topological polar surface area (TPSA) is 70.9 Å². The van der Waals surface area contributed by atoms with Gasteiger partial charge in [0.25, 0.3) is 0 Å². The molecular formula is C12H14ClN3O2. The summed E-state index contributed by atoms with van der Waals surface area (Å²) in [4.78, 5) is 11.6. The molecule has 1 aromatic carbocycles. The van der Waals surface area contributed by atoms with Crippen LogP contribution < -0.4 is 5.69 Å². The van der Waals surface area contributed by atoms with E-state index in [0.717, 1.165) is 5.56 Å². The van der Waals surface area contributed by atoms with Crippen LogP contribution in [0.2, 0.25) is 5.02 Å². The number of halogens is 1. The number of hydrogen-bond donors (Lipinski definition) is 2. The summed E-state index contributed by atoms with van der Waals surface area (Å²) < 4.78 is 1.43. The fraction of sp³-hybridized carbons (Fsp3) is 0.333. The highest BCUT2D eigenvalue weighted by Crippen LogP contribution is 2.18. The molecule has 1 atom stereocenters. The first-order valence-corrected chi connectivity index (χ1v) is 6.08. The Labute approximate surface area is 109 Å². The standard InChI is InChI=1S/C12H14ClN3O2/c1-2-10(17)7-16-11(14-15-12(16)18)8-3-5-9(13)6-4-8/h3-6,10,17H,2,7H2,1H3,(H,15,18). The van der Waals surface area contributed by atoms with Gasteiger partial charge in [0.1, 0.15) is 0 Å². The molecule has 1 heterocycles. The van der Waals surface area contributed by atoms with Gasteiger partial charge in [-0.05, 0) is 30.7 Å². The van der Waals surface area contributed by atoms with Crippen molar-refractivity contribution in [3.63, 3.8) is 0 Å². The van der Waals surface area contributed by atoms with Crippen LogP contribution >= 0.6 is 11.6 Å². The predicted octanol–water partition coefficient (Wildman–Crippen LogP) is 1.66. The first-order valence-electron chi connectivity index (χ1n) is 5.71. The Morgan fingerprint density at radius 2 is 2.11 bits per heavy atom. The highest BCUT2D eigenvalue weighted by Gasteiger charge is 2.13. The maximum Gasteiger partial charge on any atom is 0.343 e. The minimum Gasteiger partial charge on any atom is -0.391 e. The minimum atomic E-state index is -0.564. The second-order valence-electron chi connectivity index (χ2n) is 4.03. The van der Waals surface area contributed by atoms with Crippen LogP contribution in [-0.4, -0.2) is 26.0 Å². The number of aromatic nitrogens is 3. The molecule has 1 aromatic heterocycles. The summed E-state index contributed by atoms with van der Waals surface area (Å²) in [7, 11) is 0. The summed E-state index contributed by atoms with van der Waals surface area (Å²) in [6.07, 6.45) is 0.0175. The number of nitrogens with one attached hydrogen (secondary N) is 1. The monoisotopic (exact) mass is 267 g/mol. The van der Waals surface area contributed by atoms with Gasteiger partial charge in [0, 0.05) is 10.6 Å². The summed E-state index contributed by atoms with van der Waals surface area (Å²) in [5, 5.41) is 16.6. The smallest absolute Gasteiger partial charge is 0.343 e. The molecule has 2 N–H and O–H groups in total. The van der Waals surface area contributed by atoms with Crippen LogP contribution in [-0.2, 0) is 6.54 Å². The van der Waals surface area contributed by atoms with Crippen LogP contribution in [0.3, 0.4) is 0 Å². The Morgan fingerprint density at radius 1 is 1.44 bits per heavy atom. The molecule has 18 heavy (non-hydrogen) atoms. The van der Waals surface area contributed by atoms with Crippen LogP contribution in [0.1, 0.15) is 13.3 Å². The zero-order valence-electron chi connectivity index (χ0n) is 9.93. The van der Waals surface area contributed by atoms with Gasteiger partial charge in [0.15, 0.2) is 5.82 Å². The third-order valence-corrected chi connectivity index (χ3v) is 2.98. The van der Waals surface area contributed by atoms with E-state index in [2.05, 4.69) is 10.2 Å². The van der Waals surface area contributed by atoms with E-state index >= 15 is 0 Å². The van der Waals surface area contributed by atoms with Crippen molar-refractivity contribution in [1.29, 1.82) is 0 Å². The number of nitrogens with zero attached hydrogens (tertiary/aromatic N) is 2. The molecule has 6 heteroatoms. The number of benzene rings is 1. The zero-order chi connectivity index (χ0) is 13.1. The number of aliphatic hydroxyl groups is 1. The van der Waals surface area contributed by atoms with Crippen molar-refractivity contribution in [2.24, 2.45) is 0 Å². The lowest BCUT2D eigenvalue weighted by molar-refractivity contribution is 0.149. The number of aliphatic hydroxyl groups excluding tert-OH is 1. The average molecular weight is 268 g/mol. The molecule has 5 nitrogen and oxygen atoms in total. The Hall–Kier alpha value is -1.59. The van der Waals surface area contributed by atoms with Crippen LogP contribution in [0.15, 0.2) is 29.1 Å². The average Bonchev–Trinajstić information content (AvgIpc) is 2.72. The number of H-pyrrole nitrogens is 1. The molecule has 0 saturated carbocycles. The van der Waals surface area contributed by atoms with Gasteiger partial charge in [-0.1, -0.05) is 18.5 Å². The maximum atomic E-state index is 11.6. The van der Waals surface area contributed by atoms with E-state index < -0.39 is 6.10 Å². The molecule has 0 aliphatic rings. The van der Waals surface area contributed by atoms with Gasteiger partial charge in [0.05, 0.1) is 12.6 Å². The number of hydrogen-bond acceptors (Lipinski definition) is 3. The molecule has 0 bridgehead atoms. The molecule has 0 aliphatic heterocycles. The van der Waals surface area contributed by atoms with Crippen molar-refractivity contribution >= 4 is 11.6 Å². The molecule has 0 amide bonds. The molecule has 0 saturated heterocycles. The molecule has 0 fully saturated rings. The predicted molar refractivity (Wildman–Crippen MR) is 69.6 cm³/mol. The second-order valence-corrected chi connectivity index (χ2v) is 4.47. The van der Waals surface area contributed by atoms with E-state index in [1.54, 1.807) is 24.3 Å². The molecule has 1 unspecified atom stereocenters. The van der Waals surface area contributed by atoms with Crippen LogP contribution in [0.5, 0.6) is 0 Å². The van der Waals surface area contributed by atoms with Gasteiger partial charge in [-0.3, -0.25) is 4.57 Å². The maximum absolute atomic E-state index is 11.6. The van der Waals surface area contributed by atoms with Crippen molar-refractivity contribution in [3.05, 3.63) is 39.8 Å². The van der Waals surface area contributed by atoms with Crippen molar-refractivity contribution in [1.82, 2.24) is 14.8 Å². The summed E-state index contributed by atoms with van der Waals surface area (Å²) in [5.74, 6) is 0.504. The van der Waals surface area contributed by atoms with Crippen molar-refractivity contribution in [3.8, 4) is 11.4 Å². The summed E-state index contributed by atoms with van der Waals surface area (Å²) in [5.41, 5.74) is 0.452. The lowest BCUT2D eigenvalue weighted by atomic mass is 10.2. The third-order valence-electron chi connectivity index (χ3n) is 2.73. The fourth-order valence-corrected chi connectivity index (χ4v) is 1.77. The molecular weight excluding hydrogens is 254 g/mol. The largest absolute Gasteiger partial charge is 0.391 e. The van der Waals surface area contributed by atoms with E-state index in [1.165, 1.54) is 4.57 Å². The minimum absolute atomic E-state index is 0.226. The molecule has 0 spiro atoms. The molecule has 96 valence electrons.